The van der Waals surface area contributed by atoms with Crippen molar-refractivity contribution in [3.8, 4) is 0 Å². The van der Waals surface area contributed by atoms with Gasteiger partial charge in [0.15, 0.2) is 0 Å². The van der Waals surface area contributed by atoms with Crippen molar-refractivity contribution in [1.82, 2.24) is 4.90 Å². The number of hydrogen-bond donors (Lipinski definition) is 0. The van der Waals surface area contributed by atoms with E-state index in [9.17, 15) is 0 Å². The molecule has 1 nitrogen and oxygen atoms in total. The van der Waals surface area contributed by atoms with Gasteiger partial charge in [0, 0.05) is 19.6 Å². The number of rotatable bonds is 6. The van der Waals surface area contributed by atoms with Crippen LogP contribution in [0.15, 0.2) is 25.3 Å². The van der Waals surface area contributed by atoms with E-state index in [0.717, 1.165) is 19.0 Å². The van der Waals surface area contributed by atoms with Gasteiger partial charge in [-0.2, -0.15) is 0 Å². The highest BCUT2D eigenvalue weighted by molar-refractivity contribution is 4.81. The summed E-state index contributed by atoms with van der Waals surface area (Å²) in [6.45, 7) is 10.8. The molecule has 1 aliphatic carbocycles. The zero-order valence-corrected chi connectivity index (χ0v) is 9.25. The molecule has 1 fully saturated rings. The van der Waals surface area contributed by atoms with Crippen LogP contribution in [0.25, 0.3) is 0 Å². The molecule has 1 aliphatic rings. The Bertz CT molecular complexity index is 158. The minimum absolute atomic E-state index is 0.920. The Morgan fingerprint density at radius 2 is 1.57 bits per heavy atom. The maximum absolute atomic E-state index is 3.80. The molecule has 0 saturated heterocycles. The first kappa shape index (κ1) is 11.5. The minimum Gasteiger partial charge on any atom is -0.296 e. The molecule has 0 spiro atoms. The lowest BCUT2D eigenvalue weighted by Crippen LogP contribution is -2.30. The average molecular weight is 193 g/mol. The molecular formula is C13H23N. The molecule has 0 bridgehead atoms. The maximum atomic E-state index is 3.80. The third-order valence-corrected chi connectivity index (χ3v) is 3.02. The Labute approximate surface area is 88.5 Å². The van der Waals surface area contributed by atoms with Crippen molar-refractivity contribution < 1.29 is 0 Å². The van der Waals surface area contributed by atoms with E-state index in [1.54, 1.807) is 0 Å². The molecule has 14 heavy (non-hydrogen) atoms. The second kappa shape index (κ2) is 6.83. The Morgan fingerprint density at radius 3 is 2.07 bits per heavy atom. The van der Waals surface area contributed by atoms with Crippen LogP contribution in [0.4, 0.5) is 0 Å². The van der Waals surface area contributed by atoms with Crippen LogP contribution < -0.4 is 0 Å². The lowest BCUT2D eigenvalue weighted by Gasteiger charge is -2.28. The summed E-state index contributed by atoms with van der Waals surface area (Å²) in [6.07, 6.45) is 11.1. The molecular weight excluding hydrogens is 170 g/mol. The normalized spacial score (nSPS) is 18.4. The van der Waals surface area contributed by atoms with Crippen LogP contribution in [0.1, 0.15) is 32.1 Å². The van der Waals surface area contributed by atoms with E-state index in [1.165, 1.54) is 38.6 Å². The summed E-state index contributed by atoms with van der Waals surface area (Å²) >= 11 is 0. The monoisotopic (exact) mass is 193 g/mol. The summed E-state index contributed by atoms with van der Waals surface area (Å²) in [7, 11) is 0. The fourth-order valence-electron chi connectivity index (χ4n) is 2.32. The van der Waals surface area contributed by atoms with Crippen LogP contribution in [-0.2, 0) is 0 Å². The molecule has 0 heterocycles. The van der Waals surface area contributed by atoms with Gasteiger partial charge in [0.1, 0.15) is 0 Å². The SMILES string of the molecule is C=CCN(CC=C)CC1CCCCC1. The molecule has 0 amide bonds. The van der Waals surface area contributed by atoms with E-state index in [-0.39, 0.29) is 0 Å². The Hall–Kier alpha value is -0.560. The van der Waals surface area contributed by atoms with Gasteiger partial charge in [-0.05, 0) is 18.8 Å². The smallest absolute Gasteiger partial charge is 0.0164 e. The maximum Gasteiger partial charge on any atom is 0.0164 e. The average Bonchev–Trinajstić information content (AvgIpc) is 2.20. The van der Waals surface area contributed by atoms with E-state index in [2.05, 4.69) is 18.1 Å². The predicted molar refractivity (Wildman–Crippen MR) is 63.4 cm³/mol. The first-order chi connectivity index (χ1) is 6.86. The van der Waals surface area contributed by atoms with Gasteiger partial charge in [-0.1, -0.05) is 31.4 Å². The molecule has 0 aromatic heterocycles. The molecule has 0 unspecified atom stereocenters. The molecule has 1 rings (SSSR count). The quantitative estimate of drug-likeness (QED) is 0.585. The first-order valence-corrected chi connectivity index (χ1v) is 5.81. The summed E-state index contributed by atoms with van der Waals surface area (Å²) < 4.78 is 0. The highest BCUT2D eigenvalue weighted by Crippen LogP contribution is 2.24. The van der Waals surface area contributed by atoms with Crippen molar-refractivity contribution in [2.75, 3.05) is 19.6 Å². The highest BCUT2D eigenvalue weighted by Gasteiger charge is 2.15. The van der Waals surface area contributed by atoms with Gasteiger partial charge >= 0.3 is 0 Å². The predicted octanol–water partition coefficient (Wildman–Crippen LogP) is 3.24. The van der Waals surface area contributed by atoms with Crippen LogP contribution in [-0.4, -0.2) is 24.5 Å². The zero-order chi connectivity index (χ0) is 10.2. The molecule has 0 aliphatic heterocycles. The summed E-state index contributed by atoms with van der Waals surface area (Å²) in [5.41, 5.74) is 0. The van der Waals surface area contributed by atoms with Crippen LogP contribution in [0, 0.1) is 5.92 Å². The van der Waals surface area contributed by atoms with Gasteiger partial charge in [0.2, 0.25) is 0 Å². The van der Waals surface area contributed by atoms with Gasteiger partial charge in [-0.25, -0.2) is 0 Å². The Morgan fingerprint density at radius 1 is 1.00 bits per heavy atom. The van der Waals surface area contributed by atoms with Gasteiger partial charge in [-0.3, -0.25) is 4.90 Å². The fourth-order valence-corrected chi connectivity index (χ4v) is 2.32. The van der Waals surface area contributed by atoms with E-state index in [4.69, 9.17) is 0 Å². The van der Waals surface area contributed by atoms with E-state index >= 15 is 0 Å². The van der Waals surface area contributed by atoms with Crippen LogP contribution in [0.5, 0.6) is 0 Å². The van der Waals surface area contributed by atoms with Crippen molar-refractivity contribution in [1.29, 1.82) is 0 Å². The molecule has 1 heteroatoms. The van der Waals surface area contributed by atoms with Crippen molar-refractivity contribution in [3.63, 3.8) is 0 Å². The Balaban J connectivity index is 2.28. The molecule has 0 atom stereocenters. The minimum atomic E-state index is 0.920. The lowest BCUT2D eigenvalue weighted by atomic mass is 9.89. The zero-order valence-electron chi connectivity index (χ0n) is 9.25. The molecule has 1 saturated carbocycles. The lowest BCUT2D eigenvalue weighted by molar-refractivity contribution is 0.232. The second-order valence-corrected chi connectivity index (χ2v) is 4.30. The van der Waals surface area contributed by atoms with Crippen molar-refractivity contribution in [2.24, 2.45) is 5.92 Å². The van der Waals surface area contributed by atoms with Crippen LogP contribution in [0.3, 0.4) is 0 Å². The van der Waals surface area contributed by atoms with Crippen molar-refractivity contribution >= 4 is 0 Å². The summed E-state index contributed by atoms with van der Waals surface area (Å²) in [5.74, 6) is 0.920. The van der Waals surface area contributed by atoms with E-state index < -0.39 is 0 Å². The molecule has 0 N–H and O–H groups in total. The first-order valence-electron chi connectivity index (χ1n) is 5.81. The van der Waals surface area contributed by atoms with Crippen molar-refractivity contribution in [3.05, 3.63) is 25.3 Å². The molecule has 0 aromatic rings. The summed E-state index contributed by atoms with van der Waals surface area (Å²) in [5, 5.41) is 0. The fraction of sp³-hybridized carbons (Fsp3) is 0.692. The largest absolute Gasteiger partial charge is 0.296 e. The van der Waals surface area contributed by atoms with Crippen LogP contribution >= 0.6 is 0 Å². The molecule has 80 valence electrons. The third-order valence-electron chi connectivity index (χ3n) is 3.02. The summed E-state index contributed by atoms with van der Waals surface area (Å²) in [6, 6.07) is 0. The van der Waals surface area contributed by atoms with Gasteiger partial charge < -0.3 is 0 Å². The van der Waals surface area contributed by atoms with Gasteiger partial charge in [-0.15, -0.1) is 13.2 Å². The molecule has 0 radical (unpaired) electrons. The van der Waals surface area contributed by atoms with Crippen molar-refractivity contribution in [2.45, 2.75) is 32.1 Å². The molecule has 0 aromatic carbocycles. The number of hydrogen-bond acceptors (Lipinski definition) is 1. The topological polar surface area (TPSA) is 3.24 Å². The van der Waals surface area contributed by atoms with Crippen LogP contribution in [0.2, 0.25) is 0 Å². The Kier molecular flexibility index (Phi) is 5.62. The third kappa shape index (κ3) is 4.10. The number of nitrogens with zero attached hydrogens (tertiary/aromatic N) is 1. The highest BCUT2D eigenvalue weighted by atomic mass is 15.1. The van der Waals surface area contributed by atoms with Gasteiger partial charge in [0.05, 0.1) is 0 Å². The van der Waals surface area contributed by atoms with Gasteiger partial charge in [0.25, 0.3) is 0 Å². The van der Waals surface area contributed by atoms with E-state index in [1.807, 2.05) is 12.2 Å². The van der Waals surface area contributed by atoms with E-state index in [0.29, 0.717) is 0 Å². The standard InChI is InChI=1S/C13H23N/c1-3-10-14(11-4-2)12-13-8-6-5-7-9-13/h3-4,13H,1-2,5-12H2. The second-order valence-electron chi connectivity index (χ2n) is 4.30. The summed E-state index contributed by atoms with van der Waals surface area (Å²) in [4.78, 5) is 2.44.